The first-order valence-electron chi connectivity index (χ1n) is 6.09. The minimum atomic E-state index is -0.0649. The van der Waals surface area contributed by atoms with Crippen LogP contribution >= 0.6 is 0 Å². The number of methoxy groups -OCH3 is 1. The van der Waals surface area contributed by atoms with Gasteiger partial charge in [0.1, 0.15) is 6.04 Å². The summed E-state index contributed by atoms with van der Waals surface area (Å²) in [6.07, 6.45) is 6.92. The second-order valence-electron chi connectivity index (χ2n) is 4.23. The molecular weight excluding hydrogens is 258 g/mol. The summed E-state index contributed by atoms with van der Waals surface area (Å²) in [6.45, 7) is 1.96. The lowest BCUT2D eigenvalue weighted by Gasteiger charge is -2.06. The van der Waals surface area contributed by atoms with E-state index in [1.54, 1.807) is 31.9 Å². The Bertz CT molecular complexity index is 675. The molecule has 0 saturated heterocycles. The molecule has 0 bridgehead atoms. The smallest absolute Gasteiger partial charge is 0.249 e. The Hall–Kier alpha value is -2.70. The Morgan fingerprint density at radius 3 is 2.90 bits per heavy atom. The zero-order chi connectivity index (χ0) is 13.9. The van der Waals surface area contributed by atoms with Crippen LogP contribution in [0.25, 0.3) is 11.4 Å². The van der Waals surface area contributed by atoms with E-state index < -0.39 is 0 Å². The molecule has 7 heteroatoms. The molecule has 3 aromatic heterocycles. The highest BCUT2D eigenvalue weighted by molar-refractivity contribution is 5.53. The fraction of sp³-hybridized carbons (Fsp3) is 0.231. The van der Waals surface area contributed by atoms with E-state index in [9.17, 15) is 0 Å². The maximum atomic E-state index is 5.29. The highest BCUT2D eigenvalue weighted by Crippen LogP contribution is 2.21. The van der Waals surface area contributed by atoms with Gasteiger partial charge in [-0.15, -0.1) is 0 Å². The van der Waals surface area contributed by atoms with Crippen molar-refractivity contribution in [1.82, 2.24) is 24.7 Å². The van der Waals surface area contributed by atoms with Crippen LogP contribution in [0.2, 0.25) is 0 Å². The summed E-state index contributed by atoms with van der Waals surface area (Å²) in [6, 6.07) is 3.53. The van der Waals surface area contributed by atoms with Crippen LogP contribution < -0.4 is 4.74 Å². The molecular formula is C13H13N5O2. The highest BCUT2D eigenvalue weighted by Gasteiger charge is 2.16. The molecule has 0 aliphatic heterocycles. The standard InChI is InChI=1S/C13H13N5O2/c1-9(18-6-5-14-8-18)13-16-12(17-20-13)10-3-4-11(19-2)15-7-10/h3-9H,1-2H3/t9-/m0/s1. The number of rotatable bonds is 4. The molecule has 0 spiro atoms. The van der Waals surface area contributed by atoms with Gasteiger partial charge < -0.3 is 13.8 Å². The predicted molar refractivity (Wildman–Crippen MR) is 70.1 cm³/mol. The Labute approximate surface area is 115 Å². The van der Waals surface area contributed by atoms with Gasteiger partial charge in [-0.25, -0.2) is 9.97 Å². The summed E-state index contributed by atoms with van der Waals surface area (Å²) in [5, 5.41) is 3.97. The molecule has 7 nitrogen and oxygen atoms in total. The van der Waals surface area contributed by atoms with E-state index in [1.807, 2.05) is 23.8 Å². The summed E-state index contributed by atoms with van der Waals surface area (Å²) >= 11 is 0. The van der Waals surface area contributed by atoms with E-state index >= 15 is 0 Å². The van der Waals surface area contributed by atoms with Crippen LogP contribution in [0, 0.1) is 0 Å². The fourth-order valence-corrected chi connectivity index (χ4v) is 1.78. The van der Waals surface area contributed by atoms with Crippen LogP contribution in [-0.4, -0.2) is 31.8 Å². The fourth-order valence-electron chi connectivity index (χ4n) is 1.78. The van der Waals surface area contributed by atoms with Crippen molar-refractivity contribution in [3.8, 4) is 17.3 Å². The number of hydrogen-bond acceptors (Lipinski definition) is 6. The van der Waals surface area contributed by atoms with E-state index in [4.69, 9.17) is 9.26 Å². The molecule has 0 unspecified atom stereocenters. The maximum Gasteiger partial charge on any atom is 0.249 e. The molecule has 0 aliphatic carbocycles. The van der Waals surface area contributed by atoms with Crippen molar-refractivity contribution >= 4 is 0 Å². The third kappa shape index (κ3) is 2.25. The van der Waals surface area contributed by atoms with Gasteiger partial charge in [-0.1, -0.05) is 5.16 Å². The summed E-state index contributed by atoms with van der Waals surface area (Å²) in [5.74, 6) is 1.57. The molecule has 0 N–H and O–H groups in total. The van der Waals surface area contributed by atoms with Gasteiger partial charge in [-0.2, -0.15) is 4.98 Å². The van der Waals surface area contributed by atoms with E-state index in [-0.39, 0.29) is 6.04 Å². The molecule has 0 aliphatic rings. The third-order valence-corrected chi connectivity index (χ3v) is 2.97. The van der Waals surface area contributed by atoms with Crippen molar-refractivity contribution in [2.24, 2.45) is 0 Å². The van der Waals surface area contributed by atoms with Crippen molar-refractivity contribution in [3.05, 3.63) is 42.9 Å². The van der Waals surface area contributed by atoms with Crippen LogP contribution in [0.4, 0.5) is 0 Å². The monoisotopic (exact) mass is 271 g/mol. The van der Waals surface area contributed by atoms with E-state index in [1.165, 1.54) is 0 Å². The lowest BCUT2D eigenvalue weighted by Crippen LogP contribution is -2.04. The SMILES string of the molecule is COc1ccc(-c2noc([C@H](C)n3ccnc3)n2)cn1. The lowest BCUT2D eigenvalue weighted by molar-refractivity contribution is 0.345. The van der Waals surface area contributed by atoms with Crippen LogP contribution in [0.5, 0.6) is 5.88 Å². The van der Waals surface area contributed by atoms with Crippen molar-refractivity contribution < 1.29 is 9.26 Å². The molecule has 3 aromatic rings. The Kier molecular flexibility index (Phi) is 3.16. The van der Waals surface area contributed by atoms with Gasteiger partial charge in [-0.3, -0.25) is 0 Å². The van der Waals surface area contributed by atoms with Crippen molar-refractivity contribution in [2.45, 2.75) is 13.0 Å². The van der Waals surface area contributed by atoms with Crippen molar-refractivity contribution in [3.63, 3.8) is 0 Å². The Balaban J connectivity index is 1.86. The minimum Gasteiger partial charge on any atom is -0.481 e. The largest absolute Gasteiger partial charge is 0.481 e. The van der Waals surface area contributed by atoms with Crippen LogP contribution in [0.1, 0.15) is 18.9 Å². The molecule has 0 radical (unpaired) electrons. The average molecular weight is 271 g/mol. The molecule has 0 amide bonds. The van der Waals surface area contributed by atoms with Crippen LogP contribution in [0.3, 0.4) is 0 Å². The van der Waals surface area contributed by atoms with Gasteiger partial charge in [0.05, 0.1) is 13.4 Å². The topological polar surface area (TPSA) is 78.9 Å². The van der Waals surface area contributed by atoms with Crippen LogP contribution in [0.15, 0.2) is 41.6 Å². The van der Waals surface area contributed by atoms with E-state index in [2.05, 4.69) is 20.1 Å². The van der Waals surface area contributed by atoms with Gasteiger partial charge in [0, 0.05) is 30.2 Å². The second kappa shape index (κ2) is 5.12. The molecule has 3 rings (SSSR count). The Morgan fingerprint density at radius 2 is 2.25 bits per heavy atom. The second-order valence-corrected chi connectivity index (χ2v) is 4.23. The number of ether oxygens (including phenoxy) is 1. The maximum absolute atomic E-state index is 5.29. The Morgan fingerprint density at radius 1 is 1.35 bits per heavy atom. The number of pyridine rings is 1. The molecule has 0 saturated carbocycles. The van der Waals surface area contributed by atoms with Gasteiger partial charge in [0.15, 0.2) is 0 Å². The molecule has 20 heavy (non-hydrogen) atoms. The average Bonchev–Trinajstić information content (AvgIpc) is 3.18. The summed E-state index contributed by atoms with van der Waals surface area (Å²) < 4.78 is 12.2. The third-order valence-electron chi connectivity index (χ3n) is 2.97. The first-order valence-corrected chi connectivity index (χ1v) is 6.09. The number of imidazole rings is 1. The van der Waals surface area contributed by atoms with Crippen molar-refractivity contribution in [1.29, 1.82) is 0 Å². The van der Waals surface area contributed by atoms with Gasteiger partial charge in [0.25, 0.3) is 0 Å². The van der Waals surface area contributed by atoms with E-state index in [0.29, 0.717) is 17.6 Å². The van der Waals surface area contributed by atoms with Crippen LogP contribution in [-0.2, 0) is 0 Å². The van der Waals surface area contributed by atoms with Gasteiger partial charge in [-0.05, 0) is 13.0 Å². The molecule has 0 fully saturated rings. The van der Waals surface area contributed by atoms with E-state index in [0.717, 1.165) is 5.56 Å². The zero-order valence-corrected chi connectivity index (χ0v) is 11.1. The molecule has 1 atom stereocenters. The van der Waals surface area contributed by atoms with Gasteiger partial charge in [0.2, 0.25) is 17.6 Å². The normalized spacial score (nSPS) is 12.3. The van der Waals surface area contributed by atoms with Gasteiger partial charge >= 0.3 is 0 Å². The quantitative estimate of drug-likeness (QED) is 0.721. The van der Waals surface area contributed by atoms with Crippen molar-refractivity contribution in [2.75, 3.05) is 7.11 Å². The first-order chi connectivity index (χ1) is 9.78. The highest BCUT2D eigenvalue weighted by atomic mass is 16.5. The summed E-state index contributed by atoms with van der Waals surface area (Å²) in [7, 11) is 1.57. The number of aromatic nitrogens is 5. The molecule has 0 aromatic carbocycles. The number of nitrogens with zero attached hydrogens (tertiary/aromatic N) is 5. The number of hydrogen-bond donors (Lipinski definition) is 0. The zero-order valence-electron chi connectivity index (χ0n) is 11.1. The minimum absolute atomic E-state index is 0.0649. The first kappa shape index (κ1) is 12.3. The predicted octanol–water partition coefficient (Wildman–Crippen LogP) is 1.95. The molecule has 102 valence electrons. The summed E-state index contributed by atoms with van der Waals surface area (Å²) in [4.78, 5) is 12.5. The summed E-state index contributed by atoms with van der Waals surface area (Å²) in [5.41, 5.74) is 0.777. The lowest BCUT2D eigenvalue weighted by atomic mass is 10.2. The molecule has 3 heterocycles.